The van der Waals surface area contributed by atoms with Crippen LogP contribution in [-0.4, -0.2) is 0 Å². The van der Waals surface area contributed by atoms with Crippen LogP contribution >= 0.6 is 0 Å². The fourth-order valence-corrected chi connectivity index (χ4v) is 3.27. The molecule has 0 spiro atoms. The highest BCUT2D eigenvalue weighted by Crippen LogP contribution is 2.34. The van der Waals surface area contributed by atoms with Crippen LogP contribution in [-0.2, 0) is 0 Å². The van der Waals surface area contributed by atoms with Gasteiger partial charge in [-0.1, -0.05) is 71.6 Å². The predicted octanol–water partition coefficient (Wildman–Crippen LogP) is 7.79. The number of rotatable bonds is 4. The number of hydrogen-bond donors (Lipinski definition) is 1. The molecular weight excluding hydrogens is 290 g/mol. The van der Waals surface area contributed by atoms with Gasteiger partial charge in [-0.05, 0) is 69.9 Å². The van der Waals surface area contributed by atoms with Gasteiger partial charge < -0.3 is 5.73 Å². The van der Waals surface area contributed by atoms with Gasteiger partial charge >= 0.3 is 0 Å². The van der Waals surface area contributed by atoms with Crippen molar-refractivity contribution in [2.45, 2.75) is 101 Å². The molecule has 0 saturated heterocycles. The summed E-state index contributed by atoms with van der Waals surface area (Å²) in [6, 6.07) is 0. The van der Waals surface area contributed by atoms with E-state index in [1.165, 1.54) is 60.8 Å². The van der Waals surface area contributed by atoms with Gasteiger partial charge in [0, 0.05) is 5.70 Å². The topological polar surface area (TPSA) is 26.0 Å². The Bertz CT molecular complexity index is 400. The first-order chi connectivity index (χ1) is 11.2. The quantitative estimate of drug-likeness (QED) is 0.521. The summed E-state index contributed by atoms with van der Waals surface area (Å²) in [5.41, 5.74) is 11.9. The van der Waals surface area contributed by atoms with Crippen LogP contribution in [0.1, 0.15) is 101 Å². The summed E-state index contributed by atoms with van der Waals surface area (Å²) in [6.07, 6.45) is 8.05. The van der Waals surface area contributed by atoms with Crippen molar-refractivity contribution < 1.29 is 0 Å². The fraction of sp³-hybridized carbons (Fsp3) is 0.739. The Kier molecular flexibility index (Phi) is 15.1. The Morgan fingerprint density at radius 3 is 1.71 bits per heavy atom. The van der Waals surface area contributed by atoms with E-state index < -0.39 is 0 Å². The lowest BCUT2D eigenvalue weighted by atomic mass is 9.79. The average molecular weight is 336 g/mol. The third-order valence-electron chi connectivity index (χ3n) is 4.57. The molecule has 0 radical (unpaired) electrons. The summed E-state index contributed by atoms with van der Waals surface area (Å²) in [4.78, 5) is 0. The normalized spacial score (nSPS) is 20.5. The summed E-state index contributed by atoms with van der Waals surface area (Å²) in [7, 11) is 0. The predicted molar refractivity (Wildman–Crippen MR) is 113 cm³/mol. The van der Waals surface area contributed by atoms with E-state index in [0.29, 0.717) is 5.70 Å². The molecule has 1 nitrogen and oxygen atoms in total. The lowest BCUT2D eigenvalue weighted by molar-refractivity contribution is 0.288. The summed E-state index contributed by atoms with van der Waals surface area (Å²) < 4.78 is 0. The Morgan fingerprint density at radius 1 is 0.958 bits per heavy atom. The van der Waals surface area contributed by atoms with Gasteiger partial charge in [0.15, 0.2) is 0 Å². The summed E-state index contributed by atoms with van der Waals surface area (Å²) in [6.45, 7) is 23.2. The third kappa shape index (κ3) is 10.0. The van der Waals surface area contributed by atoms with Crippen LogP contribution in [0.5, 0.6) is 0 Å². The molecule has 1 aliphatic carbocycles. The van der Waals surface area contributed by atoms with Crippen LogP contribution in [0.3, 0.4) is 0 Å². The van der Waals surface area contributed by atoms with E-state index in [0.717, 1.165) is 11.8 Å². The SMILES string of the molecule is C=C(N)C(=C(C)C)/C(C)=C(\C)CC1CCC(C)CC1.CC.CCC. The highest BCUT2D eigenvalue weighted by molar-refractivity contribution is 5.47. The molecule has 1 rings (SSSR count). The first-order valence-corrected chi connectivity index (χ1v) is 10.0. The van der Waals surface area contributed by atoms with Crippen LogP contribution in [0.4, 0.5) is 0 Å². The molecule has 0 aromatic carbocycles. The Balaban J connectivity index is 0. The summed E-state index contributed by atoms with van der Waals surface area (Å²) >= 11 is 0. The maximum Gasteiger partial charge on any atom is 0.0316 e. The zero-order valence-electron chi connectivity index (χ0n) is 18.2. The van der Waals surface area contributed by atoms with Crippen LogP contribution in [0.15, 0.2) is 34.6 Å². The van der Waals surface area contributed by atoms with E-state index in [1.807, 2.05) is 13.8 Å². The molecule has 0 bridgehead atoms. The second-order valence-corrected chi connectivity index (χ2v) is 7.34. The van der Waals surface area contributed by atoms with Gasteiger partial charge in [-0.3, -0.25) is 0 Å². The van der Waals surface area contributed by atoms with E-state index in [1.54, 1.807) is 0 Å². The van der Waals surface area contributed by atoms with Gasteiger partial charge in [-0.25, -0.2) is 0 Å². The van der Waals surface area contributed by atoms with Crippen LogP contribution < -0.4 is 5.73 Å². The third-order valence-corrected chi connectivity index (χ3v) is 4.57. The molecule has 1 fully saturated rings. The molecule has 1 heteroatoms. The van der Waals surface area contributed by atoms with Gasteiger partial charge in [-0.2, -0.15) is 0 Å². The second kappa shape index (κ2) is 14.4. The van der Waals surface area contributed by atoms with Crippen molar-refractivity contribution in [1.29, 1.82) is 0 Å². The molecular formula is C23H45N. The molecule has 1 saturated carbocycles. The van der Waals surface area contributed by atoms with Crippen molar-refractivity contribution in [2.75, 3.05) is 0 Å². The molecule has 142 valence electrons. The number of hydrogen-bond acceptors (Lipinski definition) is 1. The second-order valence-electron chi connectivity index (χ2n) is 7.34. The number of nitrogens with two attached hydrogens (primary N) is 1. The Labute approximate surface area is 153 Å². The first kappa shape index (κ1) is 25.3. The highest BCUT2D eigenvalue weighted by Gasteiger charge is 2.19. The van der Waals surface area contributed by atoms with E-state index in [4.69, 9.17) is 5.73 Å². The molecule has 0 aliphatic heterocycles. The van der Waals surface area contributed by atoms with Gasteiger partial charge in [0.1, 0.15) is 0 Å². The maximum absolute atomic E-state index is 5.94. The zero-order chi connectivity index (χ0) is 19.3. The van der Waals surface area contributed by atoms with Crippen molar-refractivity contribution in [1.82, 2.24) is 0 Å². The van der Waals surface area contributed by atoms with Gasteiger partial charge in [-0.15, -0.1) is 0 Å². The van der Waals surface area contributed by atoms with Gasteiger partial charge in [0.2, 0.25) is 0 Å². The van der Waals surface area contributed by atoms with E-state index in [9.17, 15) is 0 Å². The van der Waals surface area contributed by atoms with E-state index >= 15 is 0 Å². The molecule has 0 amide bonds. The standard InChI is InChI=1S/C18H31N.C3H8.C2H6/c1-12(2)18(16(6)19)15(5)14(4)11-17-9-7-13(3)8-10-17;1-3-2;1-2/h13,17H,6-11,19H2,1-5H3;3H2,1-2H3;1-2H3/b15-14+;;. The average Bonchev–Trinajstić information content (AvgIpc) is 2.51. The van der Waals surface area contributed by atoms with Crippen LogP contribution in [0.2, 0.25) is 0 Å². The molecule has 0 aromatic rings. The summed E-state index contributed by atoms with van der Waals surface area (Å²) in [5.74, 6) is 1.80. The van der Waals surface area contributed by atoms with Gasteiger partial charge in [0.25, 0.3) is 0 Å². The molecule has 2 N–H and O–H groups in total. The highest BCUT2D eigenvalue weighted by atomic mass is 14.6. The van der Waals surface area contributed by atoms with Crippen molar-refractivity contribution >= 4 is 0 Å². The fourth-order valence-electron chi connectivity index (χ4n) is 3.27. The maximum atomic E-state index is 5.94. The minimum absolute atomic E-state index is 0.703. The molecule has 1 aliphatic rings. The van der Waals surface area contributed by atoms with Crippen LogP contribution in [0.25, 0.3) is 0 Å². The van der Waals surface area contributed by atoms with Crippen molar-refractivity contribution in [2.24, 2.45) is 17.6 Å². The van der Waals surface area contributed by atoms with E-state index in [2.05, 4.69) is 55.0 Å². The van der Waals surface area contributed by atoms with Crippen molar-refractivity contribution in [3.8, 4) is 0 Å². The van der Waals surface area contributed by atoms with Gasteiger partial charge in [0.05, 0.1) is 0 Å². The lowest BCUT2D eigenvalue weighted by Gasteiger charge is -2.27. The molecule has 0 atom stereocenters. The minimum Gasteiger partial charge on any atom is -0.399 e. The van der Waals surface area contributed by atoms with Crippen LogP contribution in [0, 0.1) is 11.8 Å². The Morgan fingerprint density at radius 2 is 1.38 bits per heavy atom. The molecule has 0 heterocycles. The summed E-state index contributed by atoms with van der Waals surface area (Å²) in [5, 5.41) is 0. The monoisotopic (exact) mass is 335 g/mol. The smallest absolute Gasteiger partial charge is 0.0316 e. The largest absolute Gasteiger partial charge is 0.399 e. The van der Waals surface area contributed by atoms with E-state index in [-0.39, 0.29) is 0 Å². The molecule has 0 aromatic heterocycles. The molecule has 0 unspecified atom stereocenters. The number of allylic oxidation sites excluding steroid dienone is 3. The molecule has 24 heavy (non-hydrogen) atoms. The Hall–Kier alpha value is -0.980. The lowest BCUT2D eigenvalue weighted by Crippen LogP contribution is -2.13. The van der Waals surface area contributed by atoms with Crippen molar-refractivity contribution in [3.63, 3.8) is 0 Å². The van der Waals surface area contributed by atoms with Crippen molar-refractivity contribution in [3.05, 3.63) is 34.6 Å². The minimum atomic E-state index is 0.703. The zero-order valence-corrected chi connectivity index (χ0v) is 18.2. The first-order valence-electron chi connectivity index (χ1n) is 10.0.